The number of ether oxygens (including phenoxy) is 2. The van der Waals surface area contributed by atoms with Gasteiger partial charge in [-0.3, -0.25) is 34.0 Å². The first kappa shape index (κ1) is 47.4. The Bertz CT molecular complexity index is 2550. The molecular formula is C52H65N7O8. The average molecular weight is 916 g/mol. The van der Waals surface area contributed by atoms with Crippen LogP contribution in [0.2, 0.25) is 0 Å². The lowest BCUT2D eigenvalue weighted by Crippen LogP contribution is -2.62. The number of cyclic esters (lactones) is 1. The number of aromatic nitrogens is 2. The van der Waals surface area contributed by atoms with Crippen molar-refractivity contribution in [3.8, 4) is 28.1 Å². The van der Waals surface area contributed by atoms with Crippen molar-refractivity contribution in [2.75, 3.05) is 40.4 Å². The Morgan fingerprint density at radius 3 is 2.60 bits per heavy atom. The fourth-order valence-corrected chi connectivity index (χ4v) is 10.9. The van der Waals surface area contributed by atoms with Gasteiger partial charge in [-0.1, -0.05) is 45.4 Å². The second-order valence-electron chi connectivity index (χ2n) is 19.6. The molecule has 4 aliphatic rings. The summed E-state index contributed by atoms with van der Waals surface area (Å²) in [4.78, 5) is 78.0. The number of pyridine rings is 1. The molecule has 1 aliphatic carbocycles. The van der Waals surface area contributed by atoms with E-state index in [0.717, 1.165) is 70.2 Å². The number of phenolic OH excluding ortho intramolecular Hbond substituents is 1. The number of nitrogens with one attached hydrogen (secondary N) is 2. The Morgan fingerprint density at radius 2 is 1.85 bits per heavy atom. The van der Waals surface area contributed by atoms with Crippen molar-refractivity contribution in [1.29, 1.82) is 0 Å². The summed E-state index contributed by atoms with van der Waals surface area (Å²) >= 11 is 0. The maximum absolute atomic E-state index is 14.8. The molecular weight excluding hydrogens is 851 g/mol. The Balaban J connectivity index is 1.20. The number of carbonyl (C=O) groups is 5. The van der Waals surface area contributed by atoms with Crippen LogP contribution in [0.5, 0.6) is 5.75 Å². The molecule has 1 saturated carbocycles. The van der Waals surface area contributed by atoms with Gasteiger partial charge in [0, 0.05) is 74.8 Å². The molecule has 2 saturated heterocycles. The molecule has 4 amide bonds. The second kappa shape index (κ2) is 20.0. The zero-order valence-electron chi connectivity index (χ0n) is 39.5. The van der Waals surface area contributed by atoms with Gasteiger partial charge in [0.2, 0.25) is 17.7 Å². The van der Waals surface area contributed by atoms with Crippen LogP contribution >= 0.6 is 0 Å². The third-order valence-corrected chi connectivity index (χ3v) is 14.2. The fourth-order valence-electron chi connectivity index (χ4n) is 10.9. The summed E-state index contributed by atoms with van der Waals surface area (Å²) in [6.45, 7) is 11.9. The van der Waals surface area contributed by atoms with E-state index < -0.39 is 47.2 Å². The average Bonchev–Trinajstić information content (AvgIpc) is 4.10. The quantitative estimate of drug-likeness (QED) is 0.128. The van der Waals surface area contributed by atoms with Gasteiger partial charge in [0.05, 0.1) is 30.5 Å². The van der Waals surface area contributed by atoms with E-state index >= 15 is 0 Å². The maximum Gasteiger partial charge on any atom is 0.324 e. The van der Waals surface area contributed by atoms with E-state index in [1.54, 1.807) is 37.4 Å². The predicted molar refractivity (Wildman–Crippen MR) is 254 cm³/mol. The van der Waals surface area contributed by atoms with Crippen LogP contribution in [0.1, 0.15) is 82.5 Å². The molecule has 0 radical (unpaired) electrons. The summed E-state index contributed by atoms with van der Waals surface area (Å²) in [5.74, 6) is -2.44. The molecule has 3 aliphatic heterocycles. The van der Waals surface area contributed by atoms with Gasteiger partial charge >= 0.3 is 5.97 Å². The van der Waals surface area contributed by atoms with E-state index in [1.807, 2.05) is 18.2 Å². The number of nitrogens with zero attached hydrogens (tertiary/aromatic N) is 5. The molecule has 4 atom stereocenters. The van der Waals surface area contributed by atoms with E-state index in [2.05, 4.69) is 60.9 Å². The van der Waals surface area contributed by atoms with Crippen molar-refractivity contribution in [2.24, 2.45) is 17.3 Å². The molecule has 356 valence electrons. The highest BCUT2D eigenvalue weighted by molar-refractivity contribution is 5.96. The maximum atomic E-state index is 14.8. The molecule has 6 bridgehead atoms. The molecule has 2 aromatic heterocycles. The van der Waals surface area contributed by atoms with Crippen LogP contribution < -0.4 is 10.7 Å². The van der Waals surface area contributed by atoms with Gasteiger partial charge in [-0.05, 0) is 116 Å². The molecule has 1 unspecified atom stereocenters. The van der Waals surface area contributed by atoms with E-state index in [9.17, 15) is 29.1 Å². The van der Waals surface area contributed by atoms with Crippen LogP contribution in [-0.4, -0.2) is 118 Å². The molecule has 8 rings (SSSR count). The molecule has 4 aromatic rings. The first-order valence-corrected chi connectivity index (χ1v) is 23.8. The summed E-state index contributed by atoms with van der Waals surface area (Å²) in [5, 5.41) is 16.9. The number of carbonyl (C=O) groups excluding carboxylic acids is 5. The summed E-state index contributed by atoms with van der Waals surface area (Å²) in [6.07, 6.45) is 8.34. The Labute approximate surface area is 392 Å². The summed E-state index contributed by atoms with van der Waals surface area (Å²) < 4.78 is 14.0. The van der Waals surface area contributed by atoms with E-state index in [4.69, 9.17) is 14.5 Å². The van der Waals surface area contributed by atoms with Crippen LogP contribution in [0.25, 0.3) is 33.3 Å². The fraction of sp³-hybridized carbons (Fsp3) is 0.500. The highest BCUT2D eigenvalue weighted by Gasteiger charge is 2.42. The summed E-state index contributed by atoms with van der Waals surface area (Å²) in [6, 6.07) is 12.7. The van der Waals surface area contributed by atoms with Crippen molar-refractivity contribution < 1.29 is 38.6 Å². The van der Waals surface area contributed by atoms with Crippen molar-refractivity contribution in [3.63, 3.8) is 0 Å². The van der Waals surface area contributed by atoms with Crippen LogP contribution in [0.3, 0.4) is 0 Å². The first-order valence-electron chi connectivity index (χ1n) is 23.8. The van der Waals surface area contributed by atoms with Crippen molar-refractivity contribution in [1.82, 2.24) is 35.1 Å². The minimum absolute atomic E-state index is 0.000815. The van der Waals surface area contributed by atoms with E-state index in [0.29, 0.717) is 50.9 Å². The number of phenols is 1. The number of fused-ring (bicyclic) bond motifs is 6. The molecule has 67 heavy (non-hydrogen) atoms. The van der Waals surface area contributed by atoms with Gasteiger partial charge < -0.3 is 34.3 Å². The number of benzene rings is 2. The summed E-state index contributed by atoms with van der Waals surface area (Å²) in [5.41, 5.74) is 9.64. The Morgan fingerprint density at radius 1 is 1.06 bits per heavy atom. The monoisotopic (exact) mass is 915 g/mol. The predicted octanol–water partition coefficient (Wildman–Crippen LogP) is 5.94. The van der Waals surface area contributed by atoms with Gasteiger partial charge in [0.25, 0.3) is 5.91 Å². The molecule has 3 fully saturated rings. The Kier molecular flexibility index (Phi) is 14.2. The molecule has 5 heterocycles. The zero-order valence-corrected chi connectivity index (χ0v) is 39.5. The number of methoxy groups -OCH3 is 1. The van der Waals surface area contributed by atoms with Crippen LogP contribution in [0.15, 0.2) is 67.4 Å². The number of aromatic hydroxyl groups is 1. The number of likely N-dealkylation sites (tertiary alicyclic amines) is 1. The van der Waals surface area contributed by atoms with Crippen LogP contribution in [0.4, 0.5) is 0 Å². The van der Waals surface area contributed by atoms with E-state index in [1.165, 1.54) is 16.0 Å². The number of hydrogen-bond acceptors (Lipinski definition) is 10. The van der Waals surface area contributed by atoms with Crippen LogP contribution in [0, 0.1) is 17.3 Å². The number of aryl methyl sites for hydroxylation is 1. The molecule has 15 heteroatoms. The number of hydrazine groups is 1. The largest absolute Gasteiger partial charge is 0.508 e. The number of rotatable bonds is 10. The van der Waals surface area contributed by atoms with Crippen molar-refractivity contribution in [3.05, 3.63) is 84.2 Å². The number of amides is 4. The smallest absolute Gasteiger partial charge is 0.324 e. The van der Waals surface area contributed by atoms with Crippen molar-refractivity contribution in [2.45, 2.75) is 110 Å². The van der Waals surface area contributed by atoms with Gasteiger partial charge in [-0.2, -0.15) is 0 Å². The second-order valence-corrected chi connectivity index (χ2v) is 19.6. The third kappa shape index (κ3) is 9.99. The molecule has 15 nitrogen and oxygen atoms in total. The minimum Gasteiger partial charge on any atom is -0.508 e. The third-order valence-electron chi connectivity index (χ3n) is 14.2. The molecule has 3 N–H and O–H groups in total. The number of esters is 1. The lowest BCUT2D eigenvalue weighted by Gasteiger charge is -2.37. The standard InChI is InChI=1S/C52H65N7O8/c1-7-45(61)57-22-19-35(29-57)49(63)56(5)46(33-13-9-10-14-33)48(62)54-42-25-32-23-36(26-37(60)24-32)34-17-18-44-39(27-34)40(47(58(44)8-2)38-15-11-20-53-43(38)30-66-6)28-52(3,4)31-67-51(65)41-16-12-21-59(55-41)50(42)64/h7,11,15,17-18,20,23-24,26-27,33,35,41-42,46,55,60H,1,8-10,12-14,16,19,21-22,25,28-31H2,2-6H3,(H,54,62)/t35-,41-,42-,46?/m0/s1. The number of hydrogen-bond donors (Lipinski definition) is 3. The highest BCUT2D eigenvalue weighted by Crippen LogP contribution is 2.41. The zero-order chi connectivity index (χ0) is 47.6. The van der Waals surface area contributed by atoms with Gasteiger partial charge in [0.15, 0.2) is 0 Å². The highest BCUT2D eigenvalue weighted by atomic mass is 16.5. The lowest BCUT2D eigenvalue weighted by atomic mass is 9.84. The lowest BCUT2D eigenvalue weighted by molar-refractivity contribution is -0.155. The molecule has 0 spiro atoms. The van der Waals surface area contributed by atoms with Gasteiger partial charge in [0.1, 0.15) is 23.9 Å². The summed E-state index contributed by atoms with van der Waals surface area (Å²) in [7, 11) is 3.30. The van der Waals surface area contributed by atoms with Gasteiger partial charge in [-0.15, -0.1) is 0 Å². The SMILES string of the molecule is C=CC(=O)N1CC[C@H](C(=O)N(C)C(C(=O)N[C@H]2Cc3cc(O)cc(c3)-c3ccc4c(c3)c(c(-c3cccnc3COC)n4CC)CC(C)(C)COC(=O)[C@@H]3CCCN(N3)C2=O)C2CCCC2)C1. The Hall–Kier alpha value is -6.06. The molecule has 2 aromatic carbocycles. The van der Waals surface area contributed by atoms with Crippen LogP contribution in [-0.2, 0) is 59.4 Å². The minimum atomic E-state index is -1.14. The van der Waals surface area contributed by atoms with Gasteiger partial charge in [-0.25, -0.2) is 5.43 Å². The van der Waals surface area contributed by atoms with Crippen molar-refractivity contribution >= 4 is 40.5 Å². The topological polar surface area (TPSA) is 176 Å². The number of likely N-dealkylation sites (N-methyl/N-ethyl adjacent to an activating group) is 1. The van der Waals surface area contributed by atoms with E-state index in [-0.39, 0.29) is 49.6 Å². The first-order chi connectivity index (χ1) is 32.2. The normalized spacial score (nSPS) is 21.7.